The monoisotopic (exact) mass is 521 g/mol. The Balaban J connectivity index is 1.31. The average molecular weight is 522 g/mol. The molecule has 2 fully saturated rings. The van der Waals surface area contributed by atoms with Gasteiger partial charge in [0.1, 0.15) is 24.2 Å². The van der Waals surface area contributed by atoms with Crippen molar-refractivity contribution in [3.63, 3.8) is 0 Å². The van der Waals surface area contributed by atoms with Crippen LogP contribution < -0.4 is 9.47 Å². The highest BCUT2D eigenvalue weighted by Gasteiger charge is 2.37. The van der Waals surface area contributed by atoms with Crippen molar-refractivity contribution in [3.05, 3.63) is 88.7 Å². The molecule has 198 valence electrons. The molecule has 7 heteroatoms. The number of halogens is 3. The van der Waals surface area contributed by atoms with Crippen LogP contribution in [0, 0.1) is 5.82 Å². The zero-order valence-corrected chi connectivity index (χ0v) is 21.2. The molecule has 3 aromatic carbocycles. The number of aromatic hydroxyl groups is 1. The highest BCUT2D eigenvalue weighted by molar-refractivity contribution is 5.96. The molecule has 3 aromatic rings. The molecular formula is C31H30F3NO3. The summed E-state index contributed by atoms with van der Waals surface area (Å²) in [6, 6.07) is 17.6. The summed E-state index contributed by atoms with van der Waals surface area (Å²) in [5.74, 6) is -0.240. The number of hydrogen-bond acceptors (Lipinski definition) is 4. The second-order valence-corrected chi connectivity index (χ2v) is 10.4. The van der Waals surface area contributed by atoms with E-state index in [1.165, 1.54) is 43.5 Å². The second-order valence-electron chi connectivity index (χ2n) is 10.4. The fourth-order valence-corrected chi connectivity index (χ4v) is 6.27. The van der Waals surface area contributed by atoms with E-state index in [2.05, 4.69) is 4.90 Å². The first-order valence-corrected chi connectivity index (χ1v) is 13.2. The Morgan fingerprint density at radius 2 is 1.87 bits per heavy atom. The van der Waals surface area contributed by atoms with Crippen LogP contribution in [0.2, 0.25) is 0 Å². The number of rotatable bonds is 6. The van der Waals surface area contributed by atoms with Crippen molar-refractivity contribution in [2.24, 2.45) is 0 Å². The van der Waals surface area contributed by atoms with E-state index < -0.39 is 24.1 Å². The molecule has 3 heterocycles. The predicted molar refractivity (Wildman–Crippen MR) is 140 cm³/mol. The minimum atomic E-state index is -2.64. The molecule has 0 radical (unpaired) electrons. The zero-order chi connectivity index (χ0) is 26.4. The summed E-state index contributed by atoms with van der Waals surface area (Å²) in [6.45, 7) is 3.53. The number of ether oxygens (including phenoxy) is 2. The molecule has 1 N–H and O–H groups in total. The van der Waals surface area contributed by atoms with Crippen LogP contribution in [-0.4, -0.2) is 35.2 Å². The Bertz CT molecular complexity index is 1370. The molecule has 4 nitrogen and oxygen atoms in total. The molecule has 2 saturated heterocycles. The number of phenols is 1. The minimum absolute atomic E-state index is 0.125. The largest absolute Gasteiger partial charge is 0.505 e. The molecule has 0 spiro atoms. The molecular weight excluding hydrogens is 491 g/mol. The van der Waals surface area contributed by atoms with Gasteiger partial charge in [0.05, 0.1) is 5.56 Å². The number of phenolic OH excluding ortho intramolecular Hbond substituents is 1. The fourth-order valence-electron chi connectivity index (χ4n) is 6.27. The number of nitrogens with zero attached hydrogens (tertiary/aromatic N) is 1. The van der Waals surface area contributed by atoms with Gasteiger partial charge in [0.25, 0.3) is 6.43 Å². The van der Waals surface area contributed by atoms with Crippen LogP contribution in [0.15, 0.2) is 60.7 Å². The Hall–Kier alpha value is -3.45. The summed E-state index contributed by atoms with van der Waals surface area (Å²) < 4.78 is 54.5. The third-order valence-corrected chi connectivity index (χ3v) is 8.17. The van der Waals surface area contributed by atoms with Crippen LogP contribution in [0.1, 0.15) is 67.4 Å². The molecule has 0 amide bonds. The van der Waals surface area contributed by atoms with Gasteiger partial charge < -0.3 is 14.6 Å². The summed E-state index contributed by atoms with van der Waals surface area (Å²) in [4.78, 5) is 2.58. The van der Waals surface area contributed by atoms with Gasteiger partial charge in [-0.05, 0) is 86.2 Å². The van der Waals surface area contributed by atoms with Crippen LogP contribution in [0.3, 0.4) is 0 Å². The smallest absolute Gasteiger partial charge is 0.263 e. The lowest BCUT2D eigenvalue weighted by Crippen LogP contribution is -2.35. The third-order valence-electron chi connectivity index (χ3n) is 8.17. The topological polar surface area (TPSA) is 41.9 Å². The lowest BCUT2D eigenvalue weighted by atomic mass is 9.85. The Morgan fingerprint density at radius 1 is 1.05 bits per heavy atom. The van der Waals surface area contributed by atoms with Crippen LogP contribution >= 0.6 is 0 Å². The summed E-state index contributed by atoms with van der Waals surface area (Å²) in [6.07, 6.45) is 1.66. The van der Waals surface area contributed by atoms with E-state index >= 15 is 4.39 Å². The minimum Gasteiger partial charge on any atom is -0.505 e. The second kappa shape index (κ2) is 10.0. The van der Waals surface area contributed by atoms with Gasteiger partial charge in [0, 0.05) is 23.2 Å². The quantitative estimate of drug-likeness (QED) is 0.364. The van der Waals surface area contributed by atoms with E-state index in [9.17, 15) is 13.9 Å². The predicted octanol–water partition coefficient (Wildman–Crippen LogP) is 7.54. The lowest BCUT2D eigenvalue weighted by Gasteiger charge is -2.31. The van der Waals surface area contributed by atoms with Crippen LogP contribution in [0.5, 0.6) is 17.2 Å². The number of hydrogen-bond donors (Lipinski definition) is 1. The summed E-state index contributed by atoms with van der Waals surface area (Å²) in [5.41, 5.74) is 2.41. The van der Waals surface area contributed by atoms with E-state index in [0.29, 0.717) is 41.1 Å². The Kier molecular flexibility index (Phi) is 6.56. The Morgan fingerprint density at radius 3 is 2.66 bits per heavy atom. The van der Waals surface area contributed by atoms with Gasteiger partial charge in [-0.25, -0.2) is 13.2 Å². The molecule has 0 aliphatic carbocycles. The summed E-state index contributed by atoms with van der Waals surface area (Å²) >= 11 is 0. The fraction of sp³-hybridized carbons (Fsp3) is 0.355. The number of fused-ring (bicyclic) bond motifs is 2. The van der Waals surface area contributed by atoms with Gasteiger partial charge in [-0.15, -0.1) is 0 Å². The van der Waals surface area contributed by atoms with Crippen molar-refractivity contribution < 1.29 is 27.8 Å². The standard InChI is InChI=1S/C31H30F3NO3/c1-18-27(20-4-2-5-21(16-20)31(33)34)30(38-26-14-13-25(36)29(32)28(18)26)19-7-11-24(12-8-19)37-17-23-10-9-22-6-3-15-35(22)23/h2,4-5,7-8,11-14,16,22-23,30-31,36H,3,6,9-10,15,17H2,1H3. The van der Waals surface area contributed by atoms with E-state index in [-0.39, 0.29) is 11.1 Å². The molecule has 3 aliphatic heterocycles. The maximum absolute atomic E-state index is 15.0. The van der Waals surface area contributed by atoms with Crippen LogP contribution in [0.25, 0.3) is 11.1 Å². The van der Waals surface area contributed by atoms with Gasteiger partial charge >= 0.3 is 0 Å². The SMILES string of the molecule is CC1=C(c2cccc(C(F)F)c2)C(c2ccc(OCC3CCC4CCCN43)cc2)Oc2ccc(O)c(F)c21. The van der Waals surface area contributed by atoms with E-state index in [4.69, 9.17) is 9.47 Å². The number of allylic oxidation sites excluding steroid dienone is 1. The molecule has 0 saturated carbocycles. The van der Waals surface area contributed by atoms with Crippen molar-refractivity contribution in [1.29, 1.82) is 0 Å². The van der Waals surface area contributed by atoms with E-state index in [1.807, 2.05) is 24.3 Å². The van der Waals surface area contributed by atoms with E-state index in [0.717, 1.165) is 24.3 Å². The summed E-state index contributed by atoms with van der Waals surface area (Å²) in [7, 11) is 0. The van der Waals surface area contributed by atoms with Crippen LogP contribution in [-0.2, 0) is 0 Å². The molecule has 0 aromatic heterocycles. The first-order chi connectivity index (χ1) is 18.4. The molecule has 3 aliphatic rings. The summed E-state index contributed by atoms with van der Waals surface area (Å²) in [5, 5.41) is 9.99. The number of alkyl halides is 2. The van der Waals surface area contributed by atoms with Gasteiger partial charge in [-0.2, -0.15) is 0 Å². The van der Waals surface area contributed by atoms with Gasteiger partial charge in [-0.1, -0.05) is 30.3 Å². The van der Waals surface area contributed by atoms with Crippen molar-refractivity contribution in [2.75, 3.05) is 13.2 Å². The van der Waals surface area contributed by atoms with Crippen molar-refractivity contribution in [1.82, 2.24) is 4.90 Å². The molecule has 3 unspecified atom stereocenters. The van der Waals surface area contributed by atoms with Gasteiger partial charge in [-0.3, -0.25) is 4.90 Å². The van der Waals surface area contributed by atoms with Crippen molar-refractivity contribution in [2.45, 2.75) is 57.2 Å². The Labute approximate surface area is 220 Å². The lowest BCUT2D eigenvalue weighted by molar-refractivity contribution is 0.151. The highest BCUT2D eigenvalue weighted by Crippen LogP contribution is 2.49. The normalized spacial score (nSPS) is 22.9. The van der Waals surface area contributed by atoms with Gasteiger partial charge in [0.2, 0.25) is 0 Å². The molecule has 0 bridgehead atoms. The maximum atomic E-state index is 15.0. The number of benzene rings is 3. The van der Waals surface area contributed by atoms with E-state index in [1.54, 1.807) is 19.1 Å². The first kappa shape index (κ1) is 24.9. The van der Waals surface area contributed by atoms with Gasteiger partial charge in [0.15, 0.2) is 11.6 Å². The van der Waals surface area contributed by atoms with Crippen molar-refractivity contribution in [3.8, 4) is 17.2 Å². The third kappa shape index (κ3) is 4.43. The highest BCUT2D eigenvalue weighted by atomic mass is 19.3. The first-order valence-electron chi connectivity index (χ1n) is 13.2. The van der Waals surface area contributed by atoms with Crippen LogP contribution in [0.4, 0.5) is 13.2 Å². The molecule has 38 heavy (non-hydrogen) atoms. The maximum Gasteiger partial charge on any atom is 0.263 e. The molecule has 6 rings (SSSR count). The zero-order valence-electron chi connectivity index (χ0n) is 21.2. The van der Waals surface area contributed by atoms with Crippen molar-refractivity contribution >= 4 is 11.1 Å². The molecule has 3 atom stereocenters. The average Bonchev–Trinajstić information content (AvgIpc) is 3.54.